The Morgan fingerprint density at radius 2 is 1.88 bits per heavy atom. The fourth-order valence-electron chi connectivity index (χ4n) is 1.77. The average Bonchev–Trinajstić information content (AvgIpc) is 2.77. The molecule has 1 aromatic heterocycles. The maximum Gasteiger partial charge on any atom is 0.177 e. The van der Waals surface area contributed by atoms with E-state index in [0.717, 1.165) is 16.0 Å². The number of Topliss-reactive ketones (excluding diaryl/α,β-unsaturated/α-hetero) is 1. The van der Waals surface area contributed by atoms with Gasteiger partial charge in [-0.15, -0.1) is 11.3 Å². The highest BCUT2D eigenvalue weighted by Gasteiger charge is 2.11. The number of aryl methyl sites for hydroxylation is 1. The smallest absolute Gasteiger partial charge is 0.177 e. The number of nitrogens with two attached hydrogens (primary N) is 1. The molecule has 2 nitrogen and oxygen atoms in total. The van der Waals surface area contributed by atoms with Gasteiger partial charge in [-0.1, -0.05) is 24.3 Å². The highest BCUT2D eigenvalue weighted by Crippen LogP contribution is 2.18. The molecule has 0 atom stereocenters. The Hall–Kier alpha value is -1.45. The molecular formula is C14H15NOS. The number of carbonyl (C=O) groups excluding carboxylic acids is 1. The van der Waals surface area contributed by atoms with Crippen LogP contribution in [0.5, 0.6) is 0 Å². The lowest BCUT2D eigenvalue weighted by atomic mass is 10.0. The fraction of sp³-hybridized carbons (Fsp3) is 0.214. The minimum absolute atomic E-state index is 0.170. The Morgan fingerprint density at radius 1 is 1.18 bits per heavy atom. The second-order valence-corrected chi connectivity index (χ2v) is 5.27. The van der Waals surface area contributed by atoms with Crippen molar-refractivity contribution >= 4 is 17.1 Å². The van der Waals surface area contributed by atoms with Gasteiger partial charge < -0.3 is 5.73 Å². The van der Waals surface area contributed by atoms with Gasteiger partial charge in [-0.2, -0.15) is 0 Å². The molecule has 0 amide bonds. The quantitative estimate of drug-likeness (QED) is 0.842. The molecule has 3 heteroatoms. The van der Waals surface area contributed by atoms with E-state index in [1.807, 2.05) is 43.3 Å². The third-order valence-electron chi connectivity index (χ3n) is 2.70. The van der Waals surface area contributed by atoms with Crippen LogP contribution in [-0.4, -0.2) is 5.78 Å². The molecule has 88 valence electrons. The highest BCUT2D eigenvalue weighted by molar-refractivity contribution is 7.14. The maximum absolute atomic E-state index is 12.1. The molecule has 17 heavy (non-hydrogen) atoms. The van der Waals surface area contributed by atoms with Crippen molar-refractivity contribution in [2.45, 2.75) is 19.9 Å². The predicted molar refractivity (Wildman–Crippen MR) is 71.4 cm³/mol. The summed E-state index contributed by atoms with van der Waals surface area (Å²) in [6, 6.07) is 11.7. The standard InChI is InChI=1S/C14H15NOS/c1-10-6-7-14(17-10)13(16)8-11-4-2-3-5-12(11)9-15/h2-7H,8-9,15H2,1H3. The summed E-state index contributed by atoms with van der Waals surface area (Å²) in [5.41, 5.74) is 7.74. The molecule has 2 rings (SSSR count). The van der Waals surface area contributed by atoms with Crippen LogP contribution in [0.1, 0.15) is 25.7 Å². The summed E-state index contributed by atoms with van der Waals surface area (Å²) in [5, 5.41) is 0. The van der Waals surface area contributed by atoms with Gasteiger partial charge in [-0.05, 0) is 30.2 Å². The Morgan fingerprint density at radius 3 is 2.47 bits per heavy atom. The van der Waals surface area contributed by atoms with Crippen LogP contribution < -0.4 is 5.73 Å². The zero-order chi connectivity index (χ0) is 12.3. The van der Waals surface area contributed by atoms with E-state index >= 15 is 0 Å². The predicted octanol–water partition coefficient (Wildman–Crippen LogP) is 2.94. The molecule has 0 unspecified atom stereocenters. The molecule has 2 N–H and O–H groups in total. The van der Waals surface area contributed by atoms with Crippen LogP contribution in [0.15, 0.2) is 36.4 Å². The van der Waals surface area contributed by atoms with Gasteiger partial charge in [-0.25, -0.2) is 0 Å². The summed E-state index contributed by atoms with van der Waals surface area (Å²) in [5.74, 6) is 0.170. The normalized spacial score (nSPS) is 10.5. The maximum atomic E-state index is 12.1. The summed E-state index contributed by atoms with van der Waals surface area (Å²) in [7, 11) is 0. The lowest BCUT2D eigenvalue weighted by Crippen LogP contribution is -2.07. The van der Waals surface area contributed by atoms with Gasteiger partial charge in [0.25, 0.3) is 0 Å². The van der Waals surface area contributed by atoms with Crippen molar-refractivity contribution in [2.24, 2.45) is 5.73 Å². The fourth-order valence-corrected chi connectivity index (χ4v) is 2.58. The van der Waals surface area contributed by atoms with Crippen LogP contribution in [0.25, 0.3) is 0 Å². The number of hydrogen-bond donors (Lipinski definition) is 1. The van der Waals surface area contributed by atoms with Crippen molar-refractivity contribution in [3.8, 4) is 0 Å². The van der Waals surface area contributed by atoms with E-state index in [1.165, 1.54) is 4.88 Å². The van der Waals surface area contributed by atoms with Crippen molar-refractivity contribution in [1.82, 2.24) is 0 Å². The van der Waals surface area contributed by atoms with E-state index in [4.69, 9.17) is 5.73 Å². The first-order chi connectivity index (χ1) is 8.20. The molecule has 0 spiro atoms. The number of rotatable bonds is 4. The molecule has 0 aliphatic carbocycles. The van der Waals surface area contributed by atoms with Gasteiger partial charge in [0.2, 0.25) is 0 Å². The second-order valence-electron chi connectivity index (χ2n) is 3.98. The molecule has 0 saturated heterocycles. The molecule has 0 saturated carbocycles. The SMILES string of the molecule is Cc1ccc(C(=O)Cc2ccccc2CN)s1. The lowest BCUT2D eigenvalue weighted by molar-refractivity contribution is 0.0996. The molecule has 0 fully saturated rings. The third-order valence-corrected chi connectivity index (χ3v) is 3.75. The van der Waals surface area contributed by atoms with Gasteiger partial charge in [0.15, 0.2) is 5.78 Å². The van der Waals surface area contributed by atoms with Crippen molar-refractivity contribution in [3.63, 3.8) is 0 Å². The average molecular weight is 245 g/mol. The van der Waals surface area contributed by atoms with E-state index in [9.17, 15) is 4.79 Å². The van der Waals surface area contributed by atoms with Crippen LogP contribution in [-0.2, 0) is 13.0 Å². The zero-order valence-electron chi connectivity index (χ0n) is 9.77. The zero-order valence-corrected chi connectivity index (χ0v) is 10.6. The number of carbonyl (C=O) groups is 1. The van der Waals surface area contributed by atoms with Gasteiger partial charge in [-0.3, -0.25) is 4.79 Å². The number of thiophene rings is 1. The van der Waals surface area contributed by atoms with Gasteiger partial charge >= 0.3 is 0 Å². The number of hydrogen-bond acceptors (Lipinski definition) is 3. The van der Waals surface area contributed by atoms with Gasteiger partial charge in [0, 0.05) is 17.8 Å². The van der Waals surface area contributed by atoms with E-state index in [2.05, 4.69) is 0 Å². The van der Waals surface area contributed by atoms with Crippen molar-refractivity contribution in [3.05, 3.63) is 57.3 Å². The Labute approximate surface area is 105 Å². The van der Waals surface area contributed by atoms with Crippen LogP contribution in [0.2, 0.25) is 0 Å². The largest absolute Gasteiger partial charge is 0.326 e. The third kappa shape index (κ3) is 2.81. The van der Waals surface area contributed by atoms with Gasteiger partial charge in [0.05, 0.1) is 4.88 Å². The molecule has 0 aliphatic rings. The van der Waals surface area contributed by atoms with Crippen LogP contribution in [0.4, 0.5) is 0 Å². The first-order valence-corrected chi connectivity index (χ1v) is 6.39. The monoisotopic (exact) mass is 245 g/mol. The van der Waals surface area contributed by atoms with Crippen molar-refractivity contribution < 1.29 is 4.79 Å². The Bertz CT molecular complexity index is 531. The number of benzene rings is 1. The van der Waals surface area contributed by atoms with E-state index < -0.39 is 0 Å². The van der Waals surface area contributed by atoms with Gasteiger partial charge in [0.1, 0.15) is 0 Å². The topological polar surface area (TPSA) is 43.1 Å². The summed E-state index contributed by atoms with van der Waals surface area (Å²) in [6.07, 6.45) is 0.438. The first-order valence-electron chi connectivity index (χ1n) is 5.57. The van der Waals surface area contributed by atoms with E-state index in [0.29, 0.717) is 13.0 Å². The summed E-state index contributed by atoms with van der Waals surface area (Å²) >= 11 is 1.55. The molecule has 0 radical (unpaired) electrons. The minimum atomic E-state index is 0.170. The van der Waals surface area contributed by atoms with Crippen molar-refractivity contribution in [1.29, 1.82) is 0 Å². The highest BCUT2D eigenvalue weighted by atomic mass is 32.1. The molecule has 0 bridgehead atoms. The Kier molecular flexibility index (Phi) is 3.71. The number of ketones is 1. The Balaban J connectivity index is 2.18. The molecule has 0 aliphatic heterocycles. The van der Waals surface area contributed by atoms with Crippen molar-refractivity contribution in [2.75, 3.05) is 0 Å². The minimum Gasteiger partial charge on any atom is -0.326 e. The summed E-state index contributed by atoms with van der Waals surface area (Å²) in [4.78, 5) is 14.1. The second kappa shape index (κ2) is 5.25. The van der Waals surface area contributed by atoms with Crippen LogP contribution >= 0.6 is 11.3 Å². The van der Waals surface area contributed by atoms with E-state index in [1.54, 1.807) is 11.3 Å². The molecule has 1 heterocycles. The molecule has 1 aromatic carbocycles. The van der Waals surface area contributed by atoms with Crippen LogP contribution in [0.3, 0.4) is 0 Å². The summed E-state index contributed by atoms with van der Waals surface area (Å²) < 4.78 is 0. The lowest BCUT2D eigenvalue weighted by Gasteiger charge is -2.05. The van der Waals surface area contributed by atoms with E-state index in [-0.39, 0.29) is 5.78 Å². The molecular weight excluding hydrogens is 230 g/mol. The first kappa shape index (κ1) is 12.0. The van der Waals surface area contributed by atoms with Crippen LogP contribution in [0, 0.1) is 6.92 Å². The summed E-state index contributed by atoms with van der Waals surface area (Å²) in [6.45, 7) is 2.49. The molecule has 2 aromatic rings.